The van der Waals surface area contributed by atoms with Gasteiger partial charge in [0.25, 0.3) is 11.8 Å². The number of aromatic carboxylic acids is 1. The van der Waals surface area contributed by atoms with Crippen LogP contribution in [0, 0.1) is 0 Å². The maximum Gasteiger partial charge on any atom is 0.336 e. The van der Waals surface area contributed by atoms with Crippen molar-refractivity contribution >= 4 is 52.4 Å². The van der Waals surface area contributed by atoms with Gasteiger partial charge in [0.2, 0.25) is 5.95 Å². The summed E-state index contributed by atoms with van der Waals surface area (Å²) in [5, 5.41) is 27.0. The highest BCUT2D eigenvalue weighted by Crippen LogP contribution is 2.16. The summed E-state index contributed by atoms with van der Waals surface area (Å²) in [6, 6.07) is 11.0. The Hall–Kier alpha value is -5.90. The molecule has 0 aliphatic heterocycles. The first-order valence-corrected chi connectivity index (χ1v) is 12.6. The van der Waals surface area contributed by atoms with Gasteiger partial charge in [-0.3, -0.25) is 9.59 Å². The maximum atomic E-state index is 12.7. The number of aromatic nitrogens is 4. The van der Waals surface area contributed by atoms with E-state index in [1.54, 1.807) is 18.2 Å². The number of rotatable bonds is 12. The Kier molecular flexibility index (Phi) is 10.4. The van der Waals surface area contributed by atoms with Crippen LogP contribution in [-0.2, 0) is 11.3 Å². The standard InChI is InChI=1S/C27H27N9O6.H3N/c28-21-20-22(36-27(29)35-21)32-13-16(33-20)12-31-15-9-7-14(8-10-15)23(37)34-19(26(41)42)6-3-11-30-24(38)17-4-1-2-5-18(17)25(39)40;/h1-2,4-5,7-10,13,19,31H,3,6,11-12H2,(H,30,38)(H,34,37)(H,39,40)(H,41,42)(H4,28,29,32,35,36);1H3. The van der Waals surface area contributed by atoms with Gasteiger partial charge >= 0.3 is 11.9 Å². The lowest BCUT2D eigenvalue weighted by atomic mass is 10.1. The minimum atomic E-state index is -1.23. The fourth-order valence-corrected chi connectivity index (χ4v) is 3.97. The number of carbonyl (C=O) groups is 4. The van der Waals surface area contributed by atoms with Crippen molar-refractivity contribution in [1.82, 2.24) is 36.7 Å². The summed E-state index contributed by atoms with van der Waals surface area (Å²) in [5.41, 5.74) is 13.4. The highest BCUT2D eigenvalue weighted by atomic mass is 16.4. The van der Waals surface area contributed by atoms with Crippen molar-refractivity contribution in [2.24, 2.45) is 0 Å². The van der Waals surface area contributed by atoms with E-state index in [1.165, 1.54) is 36.5 Å². The molecule has 2 aromatic carbocycles. The van der Waals surface area contributed by atoms with E-state index < -0.39 is 29.8 Å². The van der Waals surface area contributed by atoms with Crippen molar-refractivity contribution in [2.45, 2.75) is 25.4 Å². The molecule has 0 saturated heterocycles. The number of nitrogen functional groups attached to an aromatic ring is 2. The Morgan fingerprint density at radius 2 is 1.58 bits per heavy atom. The number of carboxylic acid groups (broad SMARTS) is 2. The fourth-order valence-electron chi connectivity index (χ4n) is 3.97. The van der Waals surface area contributed by atoms with E-state index in [2.05, 4.69) is 35.9 Å². The summed E-state index contributed by atoms with van der Waals surface area (Å²) in [6.07, 6.45) is 1.79. The summed E-state index contributed by atoms with van der Waals surface area (Å²) < 4.78 is 0. The summed E-state index contributed by atoms with van der Waals surface area (Å²) in [6.45, 7) is 0.375. The quantitative estimate of drug-likeness (QED) is 0.108. The van der Waals surface area contributed by atoms with Gasteiger partial charge < -0.3 is 43.8 Å². The first kappa shape index (κ1) is 31.6. The zero-order valence-corrected chi connectivity index (χ0v) is 22.8. The molecule has 4 aromatic rings. The van der Waals surface area contributed by atoms with Crippen LogP contribution >= 0.6 is 0 Å². The Morgan fingerprint density at radius 1 is 0.884 bits per heavy atom. The number of amides is 2. The van der Waals surface area contributed by atoms with E-state index >= 15 is 0 Å². The van der Waals surface area contributed by atoms with Gasteiger partial charge in [-0.05, 0) is 49.2 Å². The highest BCUT2D eigenvalue weighted by molar-refractivity contribution is 6.04. The number of anilines is 3. The van der Waals surface area contributed by atoms with E-state index in [4.69, 9.17) is 11.5 Å². The molecule has 2 aromatic heterocycles. The molecule has 0 aliphatic rings. The largest absolute Gasteiger partial charge is 0.480 e. The number of fused-ring (bicyclic) bond motifs is 1. The van der Waals surface area contributed by atoms with Crippen LogP contribution in [0.4, 0.5) is 17.5 Å². The molecule has 16 nitrogen and oxygen atoms in total. The molecule has 16 heteroatoms. The first-order valence-electron chi connectivity index (χ1n) is 12.6. The number of hydrogen-bond donors (Lipinski definition) is 8. The van der Waals surface area contributed by atoms with E-state index in [0.717, 1.165) is 0 Å². The van der Waals surface area contributed by atoms with Crippen LogP contribution in [0.3, 0.4) is 0 Å². The van der Waals surface area contributed by atoms with Gasteiger partial charge in [0, 0.05) is 17.8 Å². The molecule has 0 bridgehead atoms. The third-order valence-electron chi connectivity index (χ3n) is 6.08. The van der Waals surface area contributed by atoms with Crippen LogP contribution in [0.5, 0.6) is 0 Å². The molecule has 1 unspecified atom stereocenters. The number of hydrogen-bond acceptors (Lipinski definition) is 12. The SMILES string of the molecule is N.Nc1nc(N)c2nc(CNc3ccc(C(=O)NC(CCCNC(=O)c4ccccc4C(=O)O)C(=O)O)cc3)cnc2n1. The molecular weight excluding hydrogens is 560 g/mol. The third kappa shape index (κ3) is 8.08. The molecule has 12 N–H and O–H groups in total. The minimum Gasteiger partial charge on any atom is -0.480 e. The zero-order valence-electron chi connectivity index (χ0n) is 22.8. The van der Waals surface area contributed by atoms with E-state index in [-0.39, 0.29) is 66.2 Å². The second-order valence-corrected chi connectivity index (χ2v) is 9.04. The number of carboxylic acids is 2. The normalized spacial score (nSPS) is 11.2. The molecule has 224 valence electrons. The van der Waals surface area contributed by atoms with Gasteiger partial charge in [0.15, 0.2) is 17.0 Å². The van der Waals surface area contributed by atoms with Gasteiger partial charge in [-0.2, -0.15) is 9.97 Å². The van der Waals surface area contributed by atoms with Crippen molar-refractivity contribution in [3.8, 4) is 0 Å². The molecule has 2 heterocycles. The fraction of sp³-hybridized carbons (Fsp3) is 0.185. The Balaban J connectivity index is 0.00000506. The lowest BCUT2D eigenvalue weighted by Crippen LogP contribution is -2.41. The average Bonchev–Trinajstić information content (AvgIpc) is 2.97. The van der Waals surface area contributed by atoms with Gasteiger partial charge in [-0.25, -0.2) is 19.6 Å². The van der Waals surface area contributed by atoms with Crippen LogP contribution in [0.25, 0.3) is 11.2 Å². The second-order valence-electron chi connectivity index (χ2n) is 9.04. The van der Waals surface area contributed by atoms with Crippen molar-refractivity contribution in [3.63, 3.8) is 0 Å². The first-order chi connectivity index (χ1) is 20.1. The highest BCUT2D eigenvalue weighted by Gasteiger charge is 2.21. The third-order valence-corrected chi connectivity index (χ3v) is 6.08. The monoisotopic (exact) mass is 590 g/mol. The summed E-state index contributed by atoms with van der Waals surface area (Å²) in [5.74, 6) is -3.51. The van der Waals surface area contributed by atoms with Crippen LogP contribution in [0.2, 0.25) is 0 Å². The van der Waals surface area contributed by atoms with Gasteiger partial charge in [0.1, 0.15) is 6.04 Å². The lowest BCUT2D eigenvalue weighted by molar-refractivity contribution is -0.139. The predicted octanol–water partition coefficient (Wildman–Crippen LogP) is 1.45. The molecule has 2 amide bonds. The molecule has 0 aliphatic carbocycles. The van der Waals surface area contributed by atoms with Gasteiger partial charge in [-0.1, -0.05) is 12.1 Å². The number of carbonyl (C=O) groups excluding carboxylic acids is 2. The van der Waals surface area contributed by atoms with Crippen molar-refractivity contribution in [1.29, 1.82) is 0 Å². The number of nitrogens with one attached hydrogen (secondary N) is 3. The summed E-state index contributed by atoms with van der Waals surface area (Å²) in [7, 11) is 0. The number of aliphatic carboxylic acids is 1. The Morgan fingerprint density at radius 3 is 2.26 bits per heavy atom. The molecule has 0 radical (unpaired) electrons. The molecule has 43 heavy (non-hydrogen) atoms. The molecule has 0 saturated carbocycles. The minimum absolute atomic E-state index is 0. The molecule has 1 atom stereocenters. The molecular formula is C27H30N10O6. The molecule has 0 spiro atoms. The maximum absolute atomic E-state index is 12.7. The lowest BCUT2D eigenvalue weighted by Gasteiger charge is -2.15. The van der Waals surface area contributed by atoms with Gasteiger partial charge in [0.05, 0.1) is 29.6 Å². The van der Waals surface area contributed by atoms with Crippen molar-refractivity contribution in [2.75, 3.05) is 23.3 Å². The Labute approximate surface area is 244 Å². The van der Waals surface area contributed by atoms with E-state index in [1.807, 2.05) is 0 Å². The van der Waals surface area contributed by atoms with Gasteiger partial charge in [-0.15, -0.1) is 0 Å². The van der Waals surface area contributed by atoms with Crippen LogP contribution < -0.4 is 33.6 Å². The van der Waals surface area contributed by atoms with E-state index in [9.17, 15) is 29.4 Å². The zero-order chi connectivity index (χ0) is 30.2. The summed E-state index contributed by atoms with van der Waals surface area (Å²) >= 11 is 0. The number of nitrogens with zero attached hydrogens (tertiary/aromatic N) is 4. The smallest absolute Gasteiger partial charge is 0.336 e. The van der Waals surface area contributed by atoms with Crippen molar-refractivity contribution < 1.29 is 29.4 Å². The second kappa shape index (κ2) is 14.1. The van der Waals surface area contributed by atoms with Crippen LogP contribution in [0.15, 0.2) is 54.7 Å². The Bertz CT molecular complexity index is 1650. The summed E-state index contributed by atoms with van der Waals surface area (Å²) in [4.78, 5) is 64.5. The topological polar surface area (TPSA) is 283 Å². The number of nitrogens with two attached hydrogens (primary N) is 2. The van der Waals surface area contributed by atoms with E-state index in [0.29, 0.717) is 16.9 Å². The van der Waals surface area contributed by atoms with Crippen molar-refractivity contribution in [3.05, 3.63) is 77.1 Å². The number of benzene rings is 2. The predicted molar refractivity (Wildman–Crippen MR) is 157 cm³/mol. The average molecular weight is 591 g/mol. The van der Waals surface area contributed by atoms with Crippen LogP contribution in [0.1, 0.15) is 49.6 Å². The molecule has 0 fully saturated rings. The molecule has 4 rings (SSSR count). The van der Waals surface area contributed by atoms with Crippen LogP contribution in [-0.4, -0.2) is 66.5 Å².